The normalized spacial score (nSPS) is 11.1. The summed E-state index contributed by atoms with van der Waals surface area (Å²) in [6.45, 7) is -0.120. The molecule has 4 N–H and O–H groups in total. The van der Waals surface area contributed by atoms with Crippen LogP contribution >= 0.6 is 11.6 Å². The third-order valence-electron chi connectivity index (χ3n) is 3.92. The van der Waals surface area contributed by atoms with Gasteiger partial charge in [0, 0.05) is 28.1 Å². The molecule has 2 aromatic carbocycles. The monoisotopic (exact) mass is 387 g/mol. The van der Waals surface area contributed by atoms with Crippen molar-refractivity contribution in [2.75, 3.05) is 11.1 Å². The number of rotatable bonds is 4. The fourth-order valence-corrected chi connectivity index (χ4v) is 2.79. The summed E-state index contributed by atoms with van der Waals surface area (Å²) in [7, 11) is 0. The molecule has 0 saturated heterocycles. The van der Waals surface area contributed by atoms with E-state index in [2.05, 4.69) is 30.5 Å². The molecule has 0 saturated carbocycles. The Labute approximate surface area is 156 Å². The average molecular weight is 388 g/mol. The molecule has 4 aromatic rings. The van der Waals surface area contributed by atoms with Gasteiger partial charge in [-0.25, -0.2) is 8.78 Å². The van der Waals surface area contributed by atoms with Crippen LogP contribution in [-0.2, 0) is 6.54 Å². The molecule has 2 aromatic heterocycles. The van der Waals surface area contributed by atoms with Crippen molar-refractivity contribution >= 4 is 34.4 Å². The topological polar surface area (TPSA) is 105 Å². The summed E-state index contributed by atoms with van der Waals surface area (Å²) in [5.41, 5.74) is 7.24. The number of fused-ring (bicyclic) bond motifs is 1. The van der Waals surface area contributed by atoms with Gasteiger partial charge in [-0.05, 0) is 18.2 Å². The van der Waals surface area contributed by atoms with Crippen LogP contribution in [0.1, 0.15) is 5.56 Å². The summed E-state index contributed by atoms with van der Waals surface area (Å²) in [6.07, 6.45) is 1.70. The second-order valence-electron chi connectivity index (χ2n) is 5.69. The first-order valence-corrected chi connectivity index (χ1v) is 8.20. The zero-order chi connectivity index (χ0) is 19.0. The zero-order valence-corrected chi connectivity index (χ0v) is 14.4. The molecule has 7 nitrogen and oxygen atoms in total. The van der Waals surface area contributed by atoms with Gasteiger partial charge >= 0.3 is 0 Å². The minimum Gasteiger partial charge on any atom is -0.368 e. The van der Waals surface area contributed by atoms with Gasteiger partial charge in [0.05, 0.1) is 11.7 Å². The quantitative estimate of drug-likeness (QED) is 0.462. The van der Waals surface area contributed by atoms with Crippen molar-refractivity contribution in [3.8, 4) is 11.4 Å². The predicted molar refractivity (Wildman–Crippen MR) is 98.0 cm³/mol. The average Bonchev–Trinajstić information content (AvgIpc) is 3.12. The lowest BCUT2D eigenvalue weighted by atomic mass is 10.1. The molecule has 0 fully saturated rings. The van der Waals surface area contributed by atoms with Gasteiger partial charge in [-0.15, -0.1) is 0 Å². The summed E-state index contributed by atoms with van der Waals surface area (Å²) >= 11 is 5.94. The fraction of sp³-hybridized carbons (Fsp3) is 0.0588. The van der Waals surface area contributed by atoms with Crippen LogP contribution in [0.2, 0.25) is 5.02 Å². The van der Waals surface area contributed by atoms with Crippen LogP contribution in [0.25, 0.3) is 22.3 Å². The van der Waals surface area contributed by atoms with Crippen molar-refractivity contribution in [1.29, 1.82) is 0 Å². The Morgan fingerprint density at radius 1 is 1.11 bits per heavy atom. The highest BCUT2D eigenvalue weighted by Gasteiger charge is 2.14. The molecular formula is C17H12ClF2N7. The van der Waals surface area contributed by atoms with Crippen molar-refractivity contribution in [1.82, 2.24) is 25.1 Å². The third kappa shape index (κ3) is 3.36. The lowest BCUT2D eigenvalue weighted by molar-refractivity contribution is 0.500. The number of nitrogens with zero attached hydrogens (tertiary/aromatic N) is 4. The van der Waals surface area contributed by atoms with E-state index in [0.717, 1.165) is 17.0 Å². The lowest BCUT2D eigenvalue weighted by Gasteiger charge is -2.10. The molecule has 0 amide bonds. The van der Waals surface area contributed by atoms with Gasteiger partial charge in [0.15, 0.2) is 17.5 Å². The van der Waals surface area contributed by atoms with Crippen LogP contribution in [0.5, 0.6) is 0 Å². The number of nitrogens with one attached hydrogen (secondary N) is 2. The van der Waals surface area contributed by atoms with Crippen LogP contribution in [-0.4, -0.2) is 25.1 Å². The van der Waals surface area contributed by atoms with E-state index >= 15 is 0 Å². The molecule has 4 rings (SSSR count). The highest BCUT2D eigenvalue weighted by Crippen LogP contribution is 2.24. The molecule has 0 aliphatic heterocycles. The number of H-pyrrole nitrogens is 1. The van der Waals surface area contributed by atoms with Crippen LogP contribution in [0, 0.1) is 11.6 Å². The molecule has 27 heavy (non-hydrogen) atoms. The Morgan fingerprint density at radius 3 is 2.81 bits per heavy atom. The highest BCUT2D eigenvalue weighted by molar-refractivity contribution is 6.31. The number of nitrogen functional groups attached to an aromatic ring is 1. The molecule has 0 spiro atoms. The smallest absolute Gasteiger partial charge is 0.228 e. The number of anilines is 2. The molecule has 0 atom stereocenters. The van der Waals surface area contributed by atoms with E-state index in [0.29, 0.717) is 11.4 Å². The van der Waals surface area contributed by atoms with Gasteiger partial charge in [-0.2, -0.15) is 20.1 Å². The van der Waals surface area contributed by atoms with Crippen molar-refractivity contribution in [3.63, 3.8) is 0 Å². The first kappa shape index (κ1) is 17.1. The Kier molecular flexibility index (Phi) is 4.28. The number of aromatic amines is 1. The van der Waals surface area contributed by atoms with Gasteiger partial charge in [0.2, 0.25) is 11.9 Å². The number of halogens is 3. The first-order valence-electron chi connectivity index (χ1n) is 7.82. The minimum absolute atomic E-state index is 0.0157. The van der Waals surface area contributed by atoms with E-state index in [4.69, 9.17) is 17.3 Å². The van der Waals surface area contributed by atoms with E-state index in [1.807, 2.05) is 18.2 Å². The fourth-order valence-electron chi connectivity index (χ4n) is 2.58. The molecule has 136 valence electrons. The van der Waals surface area contributed by atoms with Crippen molar-refractivity contribution in [3.05, 3.63) is 58.7 Å². The molecular weight excluding hydrogens is 376 g/mol. The zero-order valence-electron chi connectivity index (χ0n) is 13.7. The molecule has 0 bridgehead atoms. The number of benzene rings is 2. The third-order valence-corrected chi connectivity index (χ3v) is 4.27. The summed E-state index contributed by atoms with van der Waals surface area (Å²) in [5.74, 6) is -1.59. The Bertz CT molecular complexity index is 1150. The summed E-state index contributed by atoms with van der Waals surface area (Å²) in [4.78, 5) is 12.4. The van der Waals surface area contributed by atoms with E-state index in [-0.39, 0.29) is 29.0 Å². The van der Waals surface area contributed by atoms with Crippen LogP contribution in [0.4, 0.5) is 20.7 Å². The van der Waals surface area contributed by atoms with Crippen molar-refractivity contribution in [2.24, 2.45) is 0 Å². The van der Waals surface area contributed by atoms with Crippen molar-refractivity contribution < 1.29 is 8.78 Å². The van der Waals surface area contributed by atoms with Crippen LogP contribution in [0.3, 0.4) is 0 Å². The number of nitrogens with two attached hydrogens (primary N) is 1. The molecule has 0 radical (unpaired) electrons. The lowest BCUT2D eigenvalue weighted by Crippen LogP contribution is -2.10. The van der Waals surface area contributed by atoms with Crippen LogP contribution < -0.4 is 11.1 Å². The summed E-state index contributed by atoms with van der Waals surface area (Å²) in [5, 5.41) is 10.7. The first-order chi connectivity index (χ1) is 13.0. The Balaban J connectivity index is 1.64. The summed E-state index contributed by atoms with van der Waals surface area (Å²) in [6, 6.07) is 7.75. The maximum absolute atomic E-state index is 13.9. The highest BCUT2D eigenvalue weighted by atomic mass is 35.5. The van der Waals surface area contributed by atoms with Gasteiger partial charge < -0.3 is 11.1 Å². The summed E-state index contributed by atoms with van der Waals surface area (Å²) < 4.78 is 27.3. The number of aromatic nitrogens is 5. The second kappa shape index (κ2) is 6.76. The van der Waals surface area contributed by atoms with Crippen LogP contribution in [0.15, 0.2) is 36.5 Å². The minimum atomic E-state index is -1.03. The van der Waals surface area contributed by atoms with E-state index in [1.165, 1.54) is 6.07 Å². The second-order valence-corrected chi connectivity index (χ2v) is 6.10. The van der Waals surface area contributed by atoms with E-state index < -0.39 is 11.6 Å². The molecule has 0 aliphatic rings. The van der Waals surface area contributed by atoms with E-state index in [9.17, 15) is 8.78 Å². The van der Waals surface area contributed by atoms with Gasteiger partial charge in [-0.3, -0.25) is 5.10 Å². The molecule has 10 heteroatoms. The molecule has 0 unspecified atom stereocenters. The van der Waals surface area contributed by atoms with Gasteiger partial charge in [0.25, 0.3) is 0 Å². The Morgan fingerprint density at radius 2 is 1.96 bits per heavy atom. The predicted octanol–water partition coefficient (Wildman–Crippen LogP) is 3.54. The molecule has 0 aliphatic carbocycles. The molecule has 2 heterocycles. The van der Waals surface area contributed by atoms with E-state index in [1.54, 1.807) is 6.20 Å². The largest absolute Gasteiger partial charge is 0.368 e. The maximum atomic E-state index is 13.9. The number of hydrogen-bond acceptors (Lipinski definition) is 6. The maximum Gasteiger partial charge on any atom is 0.228 e. The Hall–Kier alpha value is -3.33. The SMILES string of the molecule is Nc1nc(NCc2c(Cl)ccc(F)c2F)nc(-c2ccc3cn[nH]c3c2)n1. The van der Waals surface area contributed by atoms with Crippen molar-refractivity contribution in [2.45, 2.75) is 6.54 Å². The number of hydrogen-bond donors (Lipinski definition) is 3. The van der Waals surface area contributed by atoms with Gasteiger partial charge in [-0.1, -0.05) is 23.7 Å². The van der Waals surface area contributed by atoms with Gasteiger partial charge in [0.1, 0.15) is 0 Å². The standard InChI is InChI=1S/C17H12ClF2N7/c18-11-3-4-12(19)14(20)10(11)7-22-17-25-15(24-16(21)26-17)8-1-2-9-6-23-27-13(9)5-8/h1-6H,7H2,(H,23,27)(H3,21,22,24,25,26).